The maximum absolute atomic E-state index is 3.41. The van der Waals surface area contributed by atoms with Crippen molar-refractivity contribution in [3.05, 3.63) is 29.8 Å². The standard InChI is InChI=1S/C16H28N2/c1-7-17-12-14-10-8-9-11-15(14)18(6)13(2)16(3,4)5/h8-11,13,17H,7,12H2,1-6H3. The molecule has 1 rings (SSSR count). The maximum atomic E-state index is 3.41. The Morgan fingerprint density at radius 3 is 2.39 bits per heavy atom. The Labute approximate surface area is 112 Å². The molecule has 1 unspecified atom stereocenters. The first-order valence-electron chi connectivity index (χ1n) is 6.89. The molecule has 0 saturated carbocycles. The average molecular weight is 248 g/mol. The zero-order chi connectivity index (χ0) is 13.8. The predicted molar refractivity (Wildman–Crippen MR) is 81.1 cm³/mol. The second-order valence-corrected chi connectivity index (χ2v) is 6.06. The van der Waals surface area contributed by atoms with E-state index < -0.39 is 0 Å². The van der Waals surface area contributed by atoms with Crippen LogP contribution in [0.5, 0.6) is 0 Å². The SMILES string of the molecule is CCNCc1ccccc1N(C)C(C)C(C)(C)C. The molecule has 1 aromatic rings. The van der Waals surface area contributed by atoms with Crippen LogP contribution < -0.4 is 10.2 Å². The van der Waals surface area contributed by atoms with E-state index in [1.807, 2.05) is 0 Å². The number of hydrogen-bond donors (Lipinski definition) is 1. The van der Waals surface area contributed by atoms with Gasteiger partial charge in [0.25, 0.3) is 0 Å². The summed E-state index contributed by atoms with van der Waals surface area (Å²) in [6.07, 6.45) is 0. The van der Waals surface area contributed by atoms with Gasteiger partial charge in [-0.05, 0) is 30.5 Å². The van der Waals surface area contributed by atoms with Crippen molar-refractivity contribution < 1.29 is 0 Å². The van der Waals surface area contributed by atoms with Crippen molar-refractivity contribution in [2.24, 2.45) is 5.41 Å². The molecule has 2 nitrogen and oxygen atoms in total. The van der Waals surface area contributed by atoms with Crippen LogP contribution in [0.2, 0.25) is 0 Å². The molecule has 0 heterocycles. The van der Waals surface area contributed by atoms with E-state index in [9.17, 15) is 0 Å². The van der Waals surface area contributed by atoms with Crippen molar-refractivity contribution in [1.82, 2.24) is 5.32 Å². The number of para-hydroxylation sites is 1. The summed E-state index contributed by atoms with van der Waals surface area (Å²) in [7, 11) is 2.20. The maximum Gasteiger partial charge on any atom is 0.0411 e. The predicted octanol–water partition coefficient (Wildman–Crippen LogP) is 3.67. The van der Waals surface area contributed by atoms with E-state index in [1.165, 1.54) is 11.3 Å². The van der Waals surface area contributed by atoms with E-state index in [2.05, 4.69) is 76.1 Å². The van der Waals surface area contributed by atoms with Gasteiger partial charge in [-0.2, -0.15) is 0 Å². The minimum Gasteiger partial charge on any atom is -0.371 e. The third kappa shape index (κ3) is 3.74. The van der Waals surface area contributed by atoms with Gasteiger partial charge in [-0.3, -0.25) is 0 Å². The lowest BCUT2D eigenvalue weighted by molar-refractivity contribution is 0.329. The normalized spacial score (nSPS) is 13.4. The number of hydrogen-bond acceptors (Lipinski definition) is 2. The zero-order valence-electron chi connectivity index (χ0n) is 12.7. The Kier molecular flexibility index (Phi) is 5.21. The highest BCUT2D eigenvalue weighted by Gasteiger charge is 2.24. The van der Waals surface area contributed by atoms with Crippen molar-refractivity contribution in [3.8, 4) is 0 Å². The summed E-state index contributed by atoms with van der Waals surface area (Å²) < 4.78 is 0. The molecule has 1 N–H and O–H groups in total. The molecule has 0 aromatic heterocycles. The third-order valence-corrected chi connectivity index (χ3v) is 3.77. The molecule has 0 amide bonds. The number of nitrogens with one attached hydrogen (secondary N) is 1. The second kappa shape index (κ2) is 6.24. The van der Waals surface area contributed by atoms with E-state index in [0.29, 0.717) is 6.04 Å². The molecule has 0 radical (unpaired) electrons. The summed E-state index contributed by atoms with van der Waals surface area (Å²) in [6, 6.07) is 9.17. The van der Waals surface area contributed by atoms with Crippen molar-refractivity contribution in [2.75, 3.05) is 18.5 Å². The molecule has 18 heavy (non-hydrogen) atoms. The summed E-state index contributed by atoms with van der Waals surface area (Å²) in [6.45, 7) is 13.3. The van der Waals surface area contributed by atoms with Gasteiger partial charge in [0, 0.05) is 25.3 Å². The van der Waals surface area contributed by atoms with Crippen LogP contribution in [-0.4, -0.2) is 19.6 Å². The molecule has 0 fully saturated rings. The monoisotopic (exact) mass is 248 g/mol. The Morgan fingerprint density at radius 2 is 1.83 bits per heavy atom. The van der Waals surface area contributed by atoms with Gasteiger partial charge in [-0.15, -0.1) is 0 Å². The lowest BCUT2D eigenvalue weighted by atomic mass is 9.86. The van der Waals surface area contributed by atoms with E-state index >= 15 is 0 Å². The average Bonchev–Trinajstić information content (AvgIpc) is 2.33. The molecule has 0 spiro atoms. The van der Waals surface area contributed by atoms with Crippen LogP contribution in [0.1, 0.15) is 40.2 Å². The van der Waals surface area contributed by atoms with Crippen LogP contribution in [0.4, 0.5) is 5.69 Å². The smallest absolute Gasteiger partial charge is 0.0411 e. The van der Waals surface area contributed by atoms with Gasteiger partial charge in [-0.25, -0.2) is 0 Å². The number of rotatable bonds is 5. The molecule has 102 valence electrons. The molecule has 2 heteroatoms. The lowest BCUT2D eigenvalue weighted by Crippen LogP contribution is -2.40. The van der Waals surface area contributed by atoms with E-state index in [0.717, 1.165) is 13.1 Å². The topological polar surface area (TPSA) is 15.3 Å². The molecular weight excluding hydrogens is 220 g/mol. The third-order valence-electron chi connectivity index (χ3n) is 3.77. The number of anilines is 1. The Morgan fingerprint density at radius 1 is 1.22 bits per heavy atom. The number of nitrogens with zero attached hydrogens (tertiary/aromatic N) is 1. The first-order chi connectivity index (χ1) is 8.38. The minimum absolute atomic E-state index is 0.278. The van der Waals surface area contributed by atoms with Gasteiger partial charge < -0.3 is 10.2 Å². The highest BCUT2D eigenvalue weighted by molar-refractivity contribution is 5.54. The van der Waals surface area contributed by atoms with Crippen LogP contribution in [-0.2, 0) is 6.54 Å². The Hall–Kier alpha value is -1.02. The first-order valence-corrected chi connectivity index (χ1v) is 6.89. The number of benzene rings is 1. The molecule has 0 saturated heterocycles. The molecule has 1 aromatic carbocycles. The van der Waals surface area contributed by atoms with Gasteiger partial charge in [0.15, 0.2) is 0 Å². The highest BCUT2D eigenvalue weighted by Crippen LogP contribution is 2.29. The fourth-order valence-corrected chi connectivity index (χ4v) is 2.05. The molecule has 0 aliphatic carbocycles. The largest absolute Gasteiger partial charge is 0.371 e. The van der Waals surface area contributed by atoms with E-state index in [-0.39, 0.29) is 5.41 Å². The fraction of sp³-hybridized carbons (Fsp3) is 0.625. The van der Waals surface area contributed by atoms with E-state index in [1.54, 1.807) is 0 Å². The Bertz CT molecular complexity index is 366. The Balaban J connectivity index is 2.94. The van der Waals surface area contributed by atoms with E-state index in [4.69, 9.17) is 0 Å². The lowest BCUT2D eigenvalue weighted by Gasteiger charge is -2.37. The van der Waals surface area contributed by atoms with Crippen molar-refractivity contribution in [2.45, 2.75) is 47.2 Å². The van der Waals surface area contributed by atoms with Crippen LogP contribution >= 0.6 is 0 Å². The second-order valence-electron chi connectivity index (χ2n) is 6.06. The van der Waals surface area contributed by atoms with Crippen LogP contribution in [0, 0.1) is 5.41 Å². The van der Waals surface area contributed by atoms with Gasteiger partial charge >= 0.3 is 0 Å². The fourth-order valence-electron chi connectivity index (χ4n) is 2.05. The van der Waals surface area contributed by atoms with Gasteiger partial charge in [0.05, 0.1) is 0 Å². The van der Waals surface area contributed by atoms with Crippen LogP contribution in [0.3, 0.4) is 0 Å². The van der Waals surface area contributed by atoms with Crippen molar-refractivity contribution in [1.29, 1.82) is 0 Å². The molecule has 1 atom stereocenters. The highest BCUT2D eigenvalue weighted by atomic mass is 15.1. The molecular formula is C16H28N2. The first kappa shape index (κ1) is 15.0. The molecule has 0 aliphatic heterocycles. The summed E-state index contributed by atoms with van der Waals surface area (Å²) in [5.41, 5.74) is 2.99. The summed E-state index contributed by atoms with van der Waals surface area (Å²) in [5, 5.41) is 3.41. The van der Waals surface area contributed by atoms with Gasteiger partial charge in [0.1, 0.15) is 0 Å². The van der Waals surface area contributed by atoms with Gasteiger partial charge in [-0.1, -0.05) is 45.9 Å². The quantitative estimate of drug-likeness (QED) is 0.855. The van der Waals surface area contributed by atoms with Crippen molar-refractivity contribution in [3.63, 3.8) is 0 Å². The molecule has 0 aliphatic rings. The summed E-state index contributed by atoms with van der Waals surface area (Å²) >= 11 is 0. The van der Waals surface area contributed by atoms with Gasteiger partial charge in [0.2, 0.25) is 0 Å². The zero-order valence-corrected chi connectivity index (χ0v) is 12.7. The van der Waals surface area contributed by atoms with Crippen LogP contribution in [0.25, 0.3) is 0 Å². The van der Waals surface area contributed by atoms with Crippen LogP contribution in [0.15, 0.2) is 24.3 Å². The molecule has 0 bridgehead atoms. The van der Waals surface area contributed by atoms with Crippen molar-refractivity contribution >= 4 is 5.69 Å². The minimum atomic E-state index is 0.278. The summed E-state index contributed by atoms with van der Waals surface area (Å²) in [5.74, 6) is 0. The summed E-state index contributed by atoms with van der Waals surface area (Å²) in [4.78, 5) is 2.40.